The summed E-state index contributed by atoms with van der Waals surface area (Å²) in [6.07, 6.45) is 0.0303. The van der Waals surface area contributed by atoms with Gasteiger partial charge in [-0.1, -0.05) is 6.07 Å². The maximum absolute atomic E-state index is 13.2. The molecule has 1 heterocycles. The van der Waals surface area contributed by atoms with Crippen molar-refractivity contribution < 1.29 is 37.5 Å². The Labute approximate surface area is 199 Å². The quantitative estimate of drug-likeness (QED) is 0.313. The van der Waals surface area contributed by atoms with E-state index in [1.807, 2.05) is 27.7 Å². The Morgan fingerprint density at radius 1 is 1.00 bits per heavy atom. The standard InChI is InChI=1S/C25H30BFO7/c1-7-31-22(28)15-19(26-33-24(2,3)25(4,5)34-26)17-10-13-20(21(14-17)30-6)32-23(29)16-8-11-18(27)12-9-16/h8-14,19H,7,15H2,1-6H3. The number of carbonyl (C=O) groups excluding carboxylic acids is 2. The number of hydrogen-bond donors (Lipinski definition) is 0. The summed E-state index contributed by atoms with van der Waals surface area (Å²) in [4.78, 5) is 24.9. The van der Waals surface area contributed by atoms with Gasteiger partial charge in [0.25, 0.3) is 0 Å². The molecule has 2 aromatic carbocycles. The third-order valence-electron chi connectivity index (χ3n) is 6.19. The minimum atomic E-state index is -0.702. The molecule has 0 N–H and O–H groups in total. The van der Waals surface area contributed by atoms with Crippen LogP contribution in [0.2, 0.25) is 0 Å². The molecule has 0 amide bonds. The molecule has 1 unspecified atom stereocenters. The van der Waals surface area contributed by atoms with Gasteiger partial charge in [-0.05, 0) is 76.6 Å². The molecule has 1 atom stereocenters. The van der Waals surface area contributed by atoms with Crippen molar-refractivity contribution in [2.75, 3.05) is 13.7 Å². The highest BCUT2D eigenvalue weighted by Gasteiger charge is 2.54. The van der Waals surface area contributed by atoms with Crippen molar-refractivity contribution in [3.05, 3.63) is 59.4 Å². The SMILES string of the molecule is CCOC(=O)CC(B1OC(C)(C)C(C)(C)O1)c1ccc(OC(=O)c2ccc(F)cc2)c(OC)c1. The van der Waals surface area contributed by atoms with E-state index in [9.17, 15) is 14.0 Å². The predicted octanol–water partition coefficient (Wildman–Crippen LogP) is 4.72. The largest absolute Gasteiger partial charge is 0.493 e. The van der Waals surface area contributed by atoms with Gasteiger partial charge in [0.15, 0.2) is 11.5 Å². The maximum atomic E-state index is 13.2. The highest BCUT2D eigenvalue weighted by Crippen LogP contribution is 2.43. The van der Waals surface area contributed by atoms with Gasteiger partial charge < -0.3 is 23.5 Å². The topological polar surface area (TPSA) is 80.3 Å². The van der Waals surface area contributed by atoms with Crippen molar-refractivity contribution in [2.45, 2.75) is 58.1 Å². The normalized spacial score (nSPS) is 17.2. The Bertz CT molecular complexity index is 1020. The number of methoxy groups -OCH3 is 1. The second kappa shape index (κ2) is 10.2. The Morgan fingerprint density at radius 2 is 1.62 bits per heavy atom. The molecule has 1 aliphatic heterocycles. The summed E-state index contributed by atoms with van der Waals surface area (Å²) < 4.78 is 41.7. The zero-order chi connectivity index (χ0) is 25.1. The third-order valence-corrected chi connectivity index (χ3v) is 6.19. The van der Waals surface area contributed by atoms with Gasteiger partial charge in [-0.15, -0.1) is 0 Å². The van der Waals surface area contributed by atoms with Crippen LogP contribution in [0.1, 0.15) is 62.8 Å². The van der Waals surface area contributed by atoms with E-state index in [-0.39, 0.29) is 30.3 Å². The Morgan fingerprint density at radius 3 is 2.18 bits per heavy atom. The third kappa shape index (κ3) is 5.59. The van der Waals surface area contributed by atoms with Crippen LogP contribution in [-0.2, 0) is 18.8 Å². The number of benzene rings is 2. The minimum absolute atomic E-state index is 0.0303. The molecular formula is C25H30BFO7. The first kappa shape index (κ1) is 25.7. The van der Waals surface area contributed by atoms with Crippen LogP contribution < -0.4 is 9.47 Å². The van der Waals surface area contributed by atoms with E-state index in [1.165, 1.54) is 31.4 Å². The molecule has 0 saturated carbocycles. The van der Waals surface area contributed by atoms with E-state index in [4.69, 9.17) is 23.5 Å². The lowest BCUT2D eigenvalue weighted by Gasteiger charge is -2.32. The van der Waals surface area contributed by atoms with Crippen molar-refractivity contribution in [1.29, 1.82) is 0 Å². The average Bonchev–Trinajstić information content (AvgIpc) is 2.99. The van der Waals surface area contributed by atoms with Gasteiger partial charge in [0.2, 0.25) is 0 Å². The number of halogens is 1. The summed E-state index contributed by atoms with van der Waals surface area (Å²) in [6.45, 7) is 9.76. The number of rotatable bonds is 8. The van der Waals surface area contributed by atoms with Crippen molar-refractivity contribution >= 4 is 19.1 Å². The molecule has 0 radical (unpaired) electrons. The highest BCUT2D eigenvalue weighted by atomic mass is 19.1. The molecule has 9 heteroatoms. The van der Waals surface area contributed by atoms with Crippen molar-refractivity contribution in [3.8, 4) is 11.5 Å². The van der Waals surface area contributed by atoms with E-state index in [0.717, 1.165) is 0 Å². The minimum Gasteiger partial charge on any atom is -0.493 e. The van der Waals surface area contributed by atoms with Crippen LogP contribution in [0.25, 0.3) is 0 Å². The van der Waals surface area contributed by atoms with Gasteiger partial charge in [-0.2, -0.15) is 0 Å². The van der Waals surface area contributed by atoms with E-state index in [1.54, 1.807) is 25.1 Å². The van der Waals surface area contributed by atoms with Crippen LogP contribution in [0.5, 0.6) is 11.5 Å². The number of esters is 2. The average molecular weight is 472 g/mol. The zero-order valence-corrected chi connectivity index (χ0v) is 20.3. The first-order valence-electron chi connectivity index (χ1n) is 11.1. The summed E-state index contributed by atoms with van der Waals surface area (Å²) in [5.41, 5.74) is -0.270. The first-order valence-corrected chi connectivity index (χ1v) is 11.1. The van der Waals surface area contributed by atoms with Crippen molar-refractivity contribution in [1.82, 2.24) is 0 Å². The fraction of sp³-hybridized carbons (Fsp3) is 0.440. The molecular weight excluding hydrogens is 442 g/mol. The number of hydrogen-bond acceptors (Lipinski definition) is 7. The van der Waals surface area contributed by atoms with E-state index in [0.29, 0.717) is 11.3 Å². The van der Waals surface area contributed by atoms with Crippen molar-refractivity contribution in [3.63, 3.8) is 0 Å². The molecule has 3 rings (SSSR count). The van der Waals surface area contributed by atoms with Crippen LogP contribution in [0, 0.1) is 5.82 Å². The molecule has 7 nitrogen and oxygen atoms in total. The highest BCUT2D eigenvalue weighted by molar-refractivity contribution is 6.48. The molecule has 0 spiro atoms. The second-order valence-corrected chi connectivity index (χ2v) is 9.05. The summed E-state index contributed by atoms with van der Waals surface area (Å²) in [7, 11) is 0.746. The lowest BCUT2D eigenvalue weighted by Crippen LogP contribution is -2.41. The molecule has 2 aromatic rings. The van der Waals surface area contributed by atoms with Gasteiger partial charge in [0.05, 0.1) is 36.9 Å². The number of carbonyl (C=O) groups is 2. The van der Waals surface area contributed by atoms with Crippen LogP contribution in [0.3, 0.4) is 0 Å². The Hall–Kier alpha value is -2.91. The Kier molecular flexibility index (Phi) is 7.68. The molecule has 1 saturated heterocycles. The van der Waals surface area contributed by atoms with Crippen molar-refractivity contribution in [2.24, 2.45) is 0 Å². The molecule has 0 aliphatic carbocycles. The van der Waals surface area contributed by atoms with E-state index < -0.39 is 35.9 Å². The van der Waals surface area contributed by atoms with Crippen LogP contribution in [-0.4, -0.2) is 44.0 Å². The van der Waals surface area contributed by atoms with Crippen LogP contribution in [0.15, 0.2) is 42.5 Å². The van der Waals surface area contributed by atoms with E-state index in [2.05, 4.69) is 0 Å². The van der Waals surface area contributed by atoms with Gasteiger partial charge in [-0.3, -0.25) is 4.79 Å². The van der Waals surface area contributed by atoms with Crippen LogP contribution in [0.4, 0.5) is 4.39 Å². The predicted molar refractivity (Wildman–Crippen MR) is 124 cm³/mol. The van der Waals surface area contributed by atoms with Gasteiger partial charge >= 0.3 is 19.1 Å². The molecule has 0 bridgehead atoms. The van der Waals surface area contributed by atoms with Gasteiger partial charge in [-0.25, -0.2) is 9.18 Å². The second-order valence-electron chi connectivity index (χ2n) is 9.05. The van der Waals surface area contributed by atoms with Gasteiger partial charge in [0.1, 0.15) is 5.82 Å². The fourth-order valence-corrected chi connectivity index (χ4v) is 3.57. The van der Waals surface area contributed by atoms with E-state index >= 15 is 0 Å². The first-order chi connectivity index (χ1) is 16.0. The maximum Gasteiger partial charge on any atom is 0.466 e. The lowest BCUT2D eigenvalue weighted by atomic mass is 9.66. The zero-order valence-electron chi connectivity index (χ0n) is 20.3. The summed E-state index contributed by atoms with van der Waals surface area (Å²) >= 11 is 0. The smallest absolute Gasteiger partial charge is 0.466 e. The van der Waals surface area contributed by atoms with Gasteiger partial charge in [0, 0.05) is 5.82 Å². The van der Waals surface area contributed by atoms with Crippen LogP contribution >= 0.6 is 0 Å². The fourth-order valence-electron chi connectivity index (χ4n) is 3.57. The summed E-state index contributed by atoms with van der Waals surface area (Å²) in [6, 6.07) is 10.0. The molecule has 0 aromatic heterocycles. The summed E-state index contributed by atoms with van der Waals surface area (Å²) in [5, 5.41) is 0. The molecule has 34 heavy (non-hydrogen) atoms. The molecule has 1 fully saturated rings. The summed E-state index contributed by atoms with van der Waals surface area (Å²) in [5.74, 6) is -1.50. The Balaban J connectivity index is 1.89. The monoisotopic (exact) mass is 472 g/mol. The lowest BCUT2D eigenvalue weighted by molar-refractivity contribution is -0.143. The number of ether oxygens (including phenoxy) is 3. The molecule has 1 aliphatic rings. The molecule has 182 valence electrons.